The van der Waals surface area contributed by atoms with Crippen molar-refractivity contribution in [3.05, 3.63) is 17.0 Å². The average molecular weight is 319 g/mol. The second kappa shape index (κ2) is 7.54. The van der Waals surface area contributed by atoms with Crippen molar-refractivity contribution in [2.24, 2.45) is 5.92 Å². The maximum atomic E-state index is 12.6. The van der Waals surface area contributed by atoms with Crippen LogP contribution in [0, 0.1) is 5.92 Å². The van der Waals surface area contributed by atoms with Gasteiger partial charge in [0.05, 0.1) is 0 Å². The van der Waals surface area contributed by atoms with Crippen LogP contribution >= 0.6 is 11.3 Å². The van der Waals surface area contributed by atoms with Crippen LogP contribution in [0.15, 0.2) is 15.7 Å². The Morgan fingerprint density at radius 2 is 2.00 bits per heavy atom. The zero-order valence-electron chi connectivity index (χ0n) is 13.0. The molecule has 0 saturated carbocycles. The molecule has 1 heterocycles. The average Bonchev–Trinajstić information content (AvgIpc) is 2.83. The summed E-state index contributed by atoms with van der Waals surface area (Å²) in [5.41, 5.74) is 1.03. The first kappa shape index (κ1) is 17.6. The number of sulfonamides is 1. The highest BCUT2D eigenvalue weighted by molar-refractivity contribution is 7.91. The van der Waals surface area contributed by atoms with Crippen molar-refractivity contribution >= 4 is 21.4 Å². The molecule has 1 aromatic rings. The van der Waals surface area contributed by atoms with Crippen LogP contribution in [0.25, 0.3) is 0 Å². The molecule has 1 N–H and O–H groups in total. The molecule has 0 bridgehead atoms. The van der Waals surface area contributed by atoms with E-state index in [0.717, 1.165) is 18.5 Å². The fourth-order valence-corrected chi connectivity index (χ4v) is 4.83. The SMILES string of the molecule is CCNCc1csc(S(=O)(=O)N(C)C(C)CC(C)C)c1. The van der Waals surface area contributed by atoms with Crippen LogP contribution in [0.1, 0.15) is 39.7 Å². The van der Waals surface area contributed by atoms with Crippen molar-refractivity contribution in [3.63, 3.8) is 0 Å². The first-order valence-electron chi connectivity index (χ1n) is 7.05. The molecule has 0 spiro atoms. The third kappa shape index (κ3) is 4.55. The van der Waals surface area contributed by atoms with E-state index in [4.69, 9.17) is 0 Å². The van der Waals surface area contributed by atoms with Gasteiger partial charge in [-0.15, -0.1) is 11.3 Å². The van der Waals surface area contributed by atoms with Gasteiger partial charge in [-0.2, -0.15) is 4.31 Å². The van der Waals surface area contributed by atoms with Crippen molar-refractivity contribution in [2.75, 3.05) is 13.6 Å². The highest BCUT2D eigenvalue weighted by Gasteiger charge is 2.27. The lowest BCUT2D eigenvalue weighted by molar-refractivity contribution is 0.338. The molecule has 6 heteroatoms. The van der Waals surface area contributed by atoms with Gasteiger partial charge in [0.1, 0.15) is 4.21 Å². The van der Waals surface area contributed by atoms with E-state index in [1.807, 2.05) is 19.2 Å². The molecule has 1 rings (SSSR count). The van der Waals surface area contributed by atoms with Crippen molar-refractivity contribution < 1.29 is 8.42 Å². The summed E-state index contributed by atoms with van der Waals surface area (Å²) in [5, 5.41) is 5.12. The highest BCUT2D eigenvalue weighted by atomic mass is 32.2. The molecule has 0 saturated heterocycles. The second-order valence-corrected chi connectivity index (χ2v) is 8.69. The molecule has 1 atom stereocenters. The van der Waals surface area contributed by atoms with Crippen LogP contribution < -0.4 is 5.32 Å². The van der Waals surface area contributed by atoms with Gasteiger partial charge in [0.25, 0.3) is 10.0 Å². The normalized spacial score (nSPS) is 14.2. The Morgan fingerprint density at radius 3 is 2.55 bits per heavy atom. The van der Waals surface area contributed by atoms with Gasteiger partial charge in [-0.25, -0.2) is 8.42 Å². The van der Waals surface area contributed by atoms with Crippen molar-refractivity contribution in [3.8, 4) is 0 Å². The summed E-state index contributed by atoms with van der Waals surface area (Å²) in [6, 6.07) is 1.79. The van der Waals surface area contributed by atoms with E-state index in [-0.39, 0.29) is 6.04 Å². The quantitative estimate of drug-likeness (QED) is 0.802. The van der Waals surface area contributed by atoms with Crippen molar-refractivity contribution in [1.82, 2.24) is 9.62 Å². The Labute approximate surface area is 127 Å². The Hall–Kier alpha value is -0.430. The molecular formula is C14H26N2O2S2. The van der Waals surface area contributed by atoms with E-state index >= 15 is 0 Å². The lowest BCUT2D eigenvalue weighted by atomic mass is 10.1. The summed E-state index contributed by atoms with van der Waals surface area (Å²) in [4.78, 5) is 0. The van der Waals surface area contributed by atoms with Crippen LogP contribution in [-0.4, -0.2) is 32.4 Å². The minimum Gasteiger partial charge on any atom is -0.313 e. The molecular weight excluding hydrogens is 292 g/mol. The highest BCUT2D eigenvalue weighted by Crippen LogP contribution is 2.25. The summed E-state index contributed by atoms with van der Waals surface area (Å²) in [7, 11) is -1.69. The van der Waals surface area contributed by atoms with Crippen LogP contribution in [0.2, 0.25) is 0 Å². The largest absolute Gasteiger partial charge is 0.313 e. The Kier molecular flexibility index (Phi) is 6.64. The third-order valence-corrected chi connectivity index (χ3v) is 6.71. The van der Waals surface area contributed by atoms with Gasteiger partial charge in [0.2, 0.25) is 0 Å². The molecule has 0 aliphatic rings. The molecule has 0 amide bonds. The zero-order chi connectivity index (χ0) is 15.3. The molecule has 116 valence electrons. The fourth-order valence-electron chi connectivity index (χ4n) is 2.06. The number of nitrogens with zero attached hydrogens (tertiary/aromatic N) is 1. The van der Waals surface area contributed by atoms with Crippen molar-refractivity contribution in [1.29, 1.82) is 0 Å². The Balaban J connectivity index is 2.84. The summed E-state index contributed by atoms with van der Waals surface area (Å²) < 4.78 is 27.0. The Bertz CT molecular complexity index is 509. The minimum absolute atomic E-state index is 0.0133. The lowest BCUT2D eigenvalue weighted by Crippen LogP contribution is -2.35. The van der Waals surface area contributed by atoms with E-state index in [9.17, 15) is 8.42 Å². The van der Waals surface area contributed by atoms with Gasteiger partial charge < -0.3 is 5.32 Å². The first-order chi connectivity index (χ1) is 9.28. The topological polar surface area (TPSA) is 49.4 Å². The fraction of sp³-hybridized carbons (Fsp3) is 0.714. The molecule has 20 heavy (non-hydrogen) atoms. The molecule has 1 unspecified atom stereocenters. The number of thiophene rings is 1. The maximum absolute atomic E-state index is 12.6. The Morgan fingerprint density at radius 1 is 1.35 bits per heavy atom. The third-order valence-electron chi connectivity index (χ3n) is 3.28. The van der Waals surface area contributed by atoms with E-state index in [1.165, 1.54) is 15.6 Å². The van der Waals surface area contributed by atoms with Crippen LogP contribution in [0.3, 0.4) is 0 Å². The maximum Gasteiger partial charge on any atom is 0.252 e. The van der Waals surface area contributed by atoms with Gasteiger partial charge in [0.15, 0.2) is 0 Å². The van der Waals surface area contributed by atoms with E-state index in [2.05, 4.69) is 19.2 Å². The summed E-state index contributed by atoms with van der Waals surface area (Å²) in [5.74, 6) is 0.482. The van der Waals surface area contributed by atoms with Gasteiger partial charge in [-0.1, -0.05) is 20.8 Å². The second-order valence-electron chi connectivity index (χ2n) is 5.55. The van der Waals surface area contributed by atoms with Gasteiger partial charge in [0, 0.05) is 19.6 Å². The van der Waals surface area contributed by atoms with Crippen LogP contribution in [-0.2, 0) is 16.6 Å². The molecule has 1 aromatic heterocycles. The van der Waals surface area contributed by atoms with E-state index in [0.29, 0.717) is 16.7 Å². The first-order valence-corrected chi connectivity index (χ1v) is 9.37. The predicted molar refractivity (Wildman–Crippen MR) is 85.6 cm³/mol. The number of nitrogens with one attached hydrogen (secondary N) is 1. The molecule has 0 fully saturated rings. The molecule has 0 aromatic carbocycles. The summed E-state index contributed by atoms with van der Waals surface area (Å²) in [6.07, 6.45) is 0.866. The number of hydrogen-bond acceptors (Lipinski definition) is 4. The standard InChI is InChI=1S/C14H26N2O2S2/c1-6-15-9-13-8-14(19-10-13)20(17,18)16(5)12(4)7-11(2)3/h8,10-12,15H,6-7,9H2,1-5H3. The summed E-state index contributed by atoms with van der Waals surface area (Å²) in [6.45, 7) is 9.81. The van der Waals surface area contributed by atoms with Crippen LogP contribution in [0.4, 0.5) is 0 Å². The summed E-state index contributed by atoms with van der Waals surface area (Å²) >= 11 is 1.30. The minimum atomic E-state index is -3.36. The zero-order valence-corrected chi connectivity index (χ0v) is 14.6. The van der Waals surface area contributed by atoms with Gasteiger partial charge >= 0.3 is 0 Å². The van der Waals surface area contributed by atoms with Crippen LogP contribution in [0.5, 0.6) is 0 Å². The van der Waals surface area contributed by atoms with E-state index in [1.54, 1.807) is 13.1 Å². The van der Waals surface area contributed by atoms with Gasteiger partial charge in [-0.05, 0) is 42.8 Å². The van der Waals surface area contributed by atoms with Crippen molar-refractivity contribution in [2.45, 2.75) is 50.9 Å². The van der Waals surface area contributed by atoms with E-state index < -0.39 is 10.0 Å². The predicted octanol–water partition coefficient (Wildman–Crippen LogP) is 2.91. The monoisotopic (exact) mass is 318 g/mol. The lowest BCUT2D eigenvalue weighted by Gasteiger charge is -2.24. The van der Waals surface area contributed by atoms with Gasteiger partial charge in [-0.3, -0.25) is 0 Å². The molecule has 4 nitrogen and oxygen atoms in total. The number of rotatable bonds is 8. The number of hydrogen-bond donors (Lipinski definition) is 1. The molecule has 0 radical (unpaired) electrons. The molecule has 0 aliphatic carbocycles. The molecule has 0 aliphatic heterocycles. The smallest absolute Gasteiger partial charge is 0.252 e.